The predicted octanol–water partition coefficient (Wildman–Crippen LogP) is 0.792. The number of piperazine rings is 1. The van der Waals surface area contributed by atoms with Crippen LogP contribution in [0.5, 0.6) is 0 Å². The van der Waals surface area contributed by atoms with Crippen LogP contribution in [-0.4, -0.2) is 98.1 Å². The Morgan fingerprint density at radius 3 is 2.60 bits per heavy atom. The quantitative estimate of drug-likeness (QED) is 0.741. The second kappa shape index (κ2) is 6.73. The van der Waals surface area contributed by atoms with E-state index in [1.54, 1.807) is 0 Å². The Morgan fingerprint density at radius 2 is 1.70 bits per heavy atom. The Morgan fingerprint density at radius 1 is 0.850 bits per heavy atom. The lowest BCUT2D eigenvalue weighted by Crippen LogP contribution is -2.55. The summed E-state index contributed by atoms with van der Waals surface area (Å²) in [6, 6.07) is 1.57. The molecule has 0 amide bonds. The van der Waals surface area contributed by atoms with Gasteiger partial charge in [0, 0.05) is 44.8 Å². The molecule has 3 fully saturated rings. The van der Waals surface area contributed by atoms with Gasteiger partial charge in [-0.1, -0.05) is 6.42 Å². The Bertz CT molecular complexity index is 309. The minimum absolute atomic E-state index is 0.726. The molecule has 0 aromatic heterocycles. The average Bonchev–Trinajstić information content (AvgIpc) is 2.64. The summed E-state index contributed by atoms with van der Waals surface area (Å²) in [5.74, 6) is 0. The zero-order chi connectivity index (χ0) is 13.9. The average molecular weight is 280 g/mol. The van der Waals surface area contributed by atoms with Crippen molar-refractivity contribution >= 4 is 0 Å². The number of likely N-dealkylation sites (N-methyl/N-ethyl adjacent to an activating group) is 2. The summed E-state index contributed by atoms with van der Waals surface area (Å²) in [4.78, 5) is 10.6. The van der Waals surface area contributed by atoms with Gasteiger partial charge in [0.05, 0.1) is 0 Å². The Hall–Kier alpha value is -0.160. The van der Waals surface area contributed by atoms with E-state index in [9.17, 15) is 0 Å². The van der Waals surface area contributed by atoms with Gasteiger partial charge in [0.15, 0.2) is 0 Å². The molecule has 0 bridgehead atoms. The van der Waals surface area contributed by atoms with Crippen molar-refractivity contribution in [2.45, 2.75) is 37.8 Å². The first-order valence-electron chi connectivity index (χ1n) is 8.57. The molecule has 116 valence electrons. The highest BCUT2D eigenvalue weighted by Gasteiger charge is 2.30. The van der Waals surface area contributed by atoms with Gasteiger partial charge < -0.3 is 9.80 Å². The van der Waals surface area contributed by atoms with Crippen LogP contribution in [0.25, 0.3) is 0 Å². The van der Waals surface area contributed by atoms with E-state index in [0.29, 0.717) is 0 Å². The highest BCUT2D eigenvalue weighted by molar-refractivity contribution is 4.87. The molecule has 0 radical (unpaired) electrons. The standard InChI is InChI=1S/C16H32N4/c1-17-10-11-18(2)16(12-17)14-19-7-5-9-20-8-4-3-6-15(20)13-19/h15-16H,3-14H2,1-2H3. The zero-order valence-electron chi connectivity index (χ0n) is 13.4. The van der Waals surface area contributed by atoms with E-state index in [4.69, 9.17) is 0 Å². The number of piperidine rings is 1. The SMILES string of the molecule is CN1CCN(C)C(CN2CCCN3CCCCC3C2)C1. The molecular formula is C16H32N4. The molecule has 2 unspecified atom stereocenters. The van der Waals surface area contributed by atoms with Gasteiger partial charge in [-0.3, -0.25) is 9.80 Å². The number of hydrogen-bond acceptors (Lipinski definition) is 4. The van der Waals surface area contributed by atoms with Crippen LogP contribution < -0.4 is 0 Å². The fourth-order valence-corrected chi connectivity index (χ4v) is 4.21. The summed E-state index contributed by atoms with van der Waals surface area (Å²) in [7, 11) is 4.58. The second-order valence-electron chi connectivity index (χ2n) is 7.20. The highest BCUT2D eigenvalue weighted by atomic mass is 15.3. The second-order valence-corrected chi connectivity index (χ2v) is 7.20. The Labute approximate surface area is 124 Å². The summed E-state index contributed by atoms with van der Waals surface area (Å²) in [5.41, 5.74) is 0. The first-order valence-corrected chi connectivity index (χ1v) is 8.57. The largest absolute Gasteiger partial charge is 0.303 e. The Kier molecular flexibility index (Phi) is 4.97. The van der Waals surface area contributed by atoms with Crippen molar-refractivity contribution in [3.63, 3.8) is 0 Å². The van der Waals surface area contributed by atoms with Gasteiger partial charge in [0.25, 0.3) is 0 Å². The summed E-state index contributed by atoms with van der Waals surface area (Å²) >= 11 is 0. The first kappa shape index (κ1) is 14.8. The van der Waals surface area contributed by atoms with Crippen molar-refractivity contribution < 1.29 is 0 Å². The lowest BCUT2D eigenvalue weighted by molar-refractivity contribution is 0.0736. The summed E-state index contributed by atoms with van der Waals surface area (Å²) in [5, 5.41) is 0. The minimum Gasteiger partial charge on any atom is -0.303 e. The molecule has 0 aromatic carbocycles. The smallest absolute Gasteiger partial charge is 0.0347 e. The molecule has 3 heterocycles. The lowest BCUT2D eigenvalue weighted by atomic mass is 10.0. The van der Waals surface area contributed by atoms with Crippen LogP contribution in [0.3, 0.4) is 0 Å². The van der Waals surface area contributed by atoms with Crippen molar-refractivity contribution in [2.75, 3.05) is 66.5 Å². The van der Waals surface area contributed by atoms with E-state index in [2.05, 4.69) is 33.7 Å². The fraction of sp³-hybridized carbons (Fsp3) is 1.00. The molecule has 3 saturated heterocycles. The van der Waals surface area contributed by atoms with Crippen molar-refractivity contribution in [2.24, 2.45) is 0 Å². The van der Waals surface area contributed by atoms with Gasteiger partial charge in [-0.2, -0.15) is 0 Å². The predicted molar refractivity (Wildman–Crippen MR) is 84.2 cm³/mol. The van der Waals surface area contributed by atoms with Crippen molar-refractivity contribution in [1.82, 2.24) is 19.6 Å². The van der Waals surface area contributed by atoms with Crippen molar-refractivity contribution in [3.8, 4) is 0 Å². The molecule has 0 saturated carbocycles. The number of hydrogen-bond donors (Lipinski definition) is 0. The van der Waals surface area contributed by atoms with E-state index in [0.717, 1.165) is 12.1 Å². The molecule has 3 aliphatic heterocycles. The fourth-order valence-electron chi connectivity index (χ4n) is 4.21. The monoisotopic (exact) mass is 280 g/mol. The van der Waals surface area contributed by atoms with Gasteiger partial charge in [-0.25, -0.2) is 0 Å². The zero-order valence-corrected chi connectivity index (χ0v) is 13.4. The van der Waals surface area contributed by atoms with Gasteiger partial charge in [0.2, 0.25) is 0 Å². The summed E-state index contributed by atoms with van der Waals surface area (Å²) in [6.07, 6.45) is 5.66. The van der Waals surface area contributed by atoms with E-state index in [-0.39, 0.29) is 0 Å². The third-order valence-electron chi connectivity index (χ3n) is 5.59. The maximum absolute atomic E-state index is 2.76. The molecule has 0 aromatic rings. The molecule has 3 rings (SSSR count). The molecule has 20 heavy (non-hydrogen) atoms. The van der Waals surface area contributed by atoms with Crippen LogP contribution in [-0.2, 0) is 0 Å². The molecule has 0 N–H and O–H groups in total. The number of fused-ring (bicyclic) bond motifs is 1. The van der Waals surface area contributed by atoms with Crippen molar-refractivity contribution in [3.05, 3.63) is 0 Å². The molecule has 3 aliphatic rings. The topological polar surface area (TPSA) is 13.0 Å². The first-order chi connectivity index (χ1) is 9.72. The van der Waals surface area contributed by atoms with Crippen molar-refractivity contribution in [1.29, 1.82) is 0 Å². The maximum atomic E-state index is 2.76. The summed E-state index contributed by atoms with van der Waals surface area (Å²) in [6.45, 7) is 10.3. The van der Waals surface area contributed by atoms with Gasteiger partial charge in [-0.05, 0) is 53.0 Å². The molecule has 0 spiro atoms. The number of rotatable bonds is 2. The van der Waals surface area contributed by atoms with Crippen LogP contribution in [0.1, 0.15) is 25.7 Å². The van der Waals surface area contributed by atoms with E-state index >= 15 is 0 Å². The van der Waals surface area contributed by atoms with Crippen LogP contribution in [0, 0.1) is 0 Å². The summed E-state index contributed by atoms with van der Waals surface area (Å²) < 4.78 is 0. The van der Waals surface area contributed by atoms with E-state index < -0.39 is 0 Å². The van der Waals surface area contributed by atoms with E-state index in [1.165, 1.54) is 78.0 Å². The lowest BCUT2D eigenvalue weighted by Gasteiger charge is -2.41. The van der Waals surface area contributed by atoms with Gasteiger partial charge >= 0.3 is 0 Å². The highest BCUT2D eigenvalue weighted by Crippen LogP contribution is 2.21. The normalized spacial score (nSPS) is 35.7. The van der Waals surface area contributed by atoms with Crippen LogP contribution in [0.15, 0.2) is 0 Å². The molecule has 0 aliphatic carbocycles. The number of nitrogens with zero attached hydrogens (tertiary/aromatic N) is 4. The van der Waals surface area contributed by atoms with Crippen LogP contribution in [0.4, 0.5) is 0 Å². The maximum Gasteiger partial charge on any atom is 0.0347 e. The minimum atomic E-state index is 0.726. The third kappa shape index (κ3) is 3.53. The Balaban J connectivity index is 1.56. The van der Waals surface area contributed by atoms with E-state index in [1.807, 2.05) is 0 Å². The molecule has 4 nitrogen and oxygen atoms in total. The van der Waals surface area contributed by atoms with Gasteiger partial charge in [-0.15, -0.1) is 0 Å². The van der Waals surface area contributed by atoms with Crippen LogP contribution in [0.2, 0.25) is 0 Å². The molecular weight excluding hydrogens is 248 g/mol. The molecule has 4 heteroatoms. The molecule has 2 atom stereocenters. The van der Waals surface area contributed by atoms with Gasteiger partial charge in [0.1, 0.15) is 0 Å². The van der Waals surface area contributed by atoms with Crippen LogP contribution >= 0.6 is 0 Å². The third-order valence-corrected chi connectivity index (χ3v) is 5.59.